The van der Waals surface area contributed by atoms with Crippen molar-refractivity contribution in [1.29, 1.82) is 0 Å². The number of nitrogens with one attached hydrogen (secondary N) is 2. The molecule has 0 amide bonds. The van der Waals surface area contributed by atoms with E-state index in [0.29, 0.717) is 34.2 Å². The number of carbonyl (C=O) groups is 1. The summed E-state index contributed by atoms with van der Waals surface area (Å²) in [4.78, 5) is 22.1. The van der Waals surface area contributed by atoms with E-state index in [1.807, 2.05) is 6.92 Å². The number of anilines is 2. The molecule has 0 aliphatic carbocycles. The average molecular weight is 426 g/mol. The summed E-state index contributed by atoms with van der Waals surface area (Å²) in [7, 11) is 1.47. The molecule has 0 atom stereocenters. The van der Waals surface area contributed by atoms with Crippen molar-refractivity contribution >= 4 is 28.1 Å². The molecule has 2 N–H and O–H groups in total. The van der Waals surface area contributed by atoms with E-state index in [1.54, 1.807) is 24.4 Å². The van der Waals surface area contributed by atoms with Crippen LogP contribution in [0.1, 0.15) is 28.0 Å². The van der Waals surface area contributed by atoms with E-state index in [0.717, 1.165) is 5.69 Å². The number of carbonyl (C=O) groups excluding carboxylic acids is 1. The Bertz CT molecular complexity index is 1030. The summed E-state index contributed by atoms with van der Waals surface area (Å²) >= 11 is 0.571. The molecule has 0 aliphatic heterocycles. The number of aryl methyl sites for hydroxylation is 1. The smallest absolute Gasteiger partial charge is 0.435 e. The molecule has 11 heteroatoms. The second-order valence-electron chi connectivity index (χ2n) is 5.87. The first-order valence-electron chi connectivity index (χ1n) is 8.45. The maximum Gasteiger partial charge on any atom is 0.435 e. The number of methoxy groups -OCH3 is 1. The number of H-pyrrole nitrogens is 1. The first kappa shape index (κ1) is 20.6. The number of ether oxygens (including phenoxy) is 2. The number of benzene rings is 1. The summed E-state index contributed by atoms with van der Waals surface area (Å²) in [6, 6.07) is 4.96. The third-order valence-electron chi connectivity index (χ3n) is 3.77. The van der Waals surface area contributed by atoms with Crippen LogP contribution in [0.5, 0.6) is 5.75 Å². The number of aromatic amines is 1. The topological polar surface area (TPSA) is 89.1 Å². The molecule has 0 radical (unpaired) electrons. The van der Waals surface area contributed by atoms with Crippen molar-refractivity contribution < 1.29 is 27.4 Å². The van der Waals surface area contributed by atoms with Gasteiger partial charge in [0.25, 0.3) is 0 Å². The number of rotatable bonds is 6. The van der Waals surface area contributed by atoms with E-state index >= 15 is 0 Å². The van der Waals surface area contributed by atoms with Gasteiger partial charge in [0.1, 0.15) is 16.5 Å². The molecule has 0 saturated carbocycles. The van der Waals surface area contributed by atoms with Gasteiger partial charge in [0.2, 0.25) is 0 Å². The number of alkyl halides is 3. The second kappa shape index (κ2) is 8.11. The minimum Gasteiger partial charge on any atom is -0.496 e. The van der Waals surface area contributed by atoms with E-state index in [2.05, 4.69) is 20.3 Å². The van der Waals surface area contributed by atoms with E-state index in [-0.39, 0.29) is 11.7 Å². The van der Waals surface area contributed by atoms with Gasteiger partial charge in [-0.15, -0.1) is 0 Å². The Labute approximate surface area is 167 Å². The van der Waals surface area contributed by atoms with E-state index < -0.39 is 22.7 Å². The zero-order valence-corrected chi connectivity index (χ0v) is 16.5. The van der Waals surface area contributed by atoms with Crippen LogP contribution in [0.2, 0.25) is 0 Å². The van der Waals surface area contributed by atoms with Gasteiger partial charge < -0.3 is 19.8 Å². The van der Waals surface area contributed by atoms with Gasteiger partial charge in [-0.1, -0.05) is 11.3 Å². The van der Waals surface area contributed by atoms with Gasteiger partial charge in [0, 0.05) is 23.6 Å². The summed E-state index contributed by atoms with van der Waals surface area (Å²) in [5.41, 5.74) is 0.719. The van der Waals surface area contributed by atoms with Crippen LogP contribution < -0.4 is 10.1 Å². The highest BCUT2D eigenvalue weighted by atomic mass is 32.1. The highest BCUT2D eigenvalue weighted by molar-refractivity contribution is 7.17. The highest BCUT2D eigenvalue weighted by Crippen LogP contribution is 2.38. The Morgan fingerprint density at radius 3 is 2.69 bits per heavy atom. The minimum atomic E-state index is -4.78. The lowest BCUT2D eigenvalue weighted by Gasteiger charge is -2.09. The maximum atomic E-state index is 13.2. The summed E-state index contributed by atoms with van der Waals surface area (Å²) < 4.78 is 49.8. The molecule has 0 unspecified atom stereocenters. The SMILES string of the molecule is CCOC(=O)c1sc(Nc2ccc(-c3ncc(C)[nH]3)c(OC)c2)nc1C(F)(F)F. The lowest BCUT2D eigenvalue weighted by Crippen LogP contribution is -2.13. The van der Waals surface area contributed by atoms with Crippen LogP contribution in [-0.2, 0) is 10.9 Å². The average Bonchev–Trinajstić information content (AvgIpc) is 3.28. The molecule has 0 spiro atoms. The quantitative estimate of drug-likeness (QED) is 0.551. The normalized spacial score (nSPS) is 11.4. The first-order chi connectivity index (χ1) is 13.7. The number of hydrogen-bond donors (Lipinski definition) is 2. The van der Waals surface area contributed by atoms with Gasteiger partial charge in [-0.05, 0) is 26.0 Å². The zero-order valence-electron chi connectivity index (χ0n) is 15.7. The Morgan fingerprint density at radius 2 is 2.10 bits per heavy atom. The zero-order chi connectivity index (χ0) is 21.2. The molecule has 3 aromatic rings. The number of halogens is 3. The van der Waals surface area contributed by atoms with Crippen molar-refractivity contribution in [2.75, 3.05) is 19.0 Å². The van der Waals surface area contributed by atoms with Crippen molar-refractivity contribution in [3.63, 3.8) is 0 Å². The van der Waals surface area contributed by atoms with Gasteiger partial charge in [0.15, 0.2) is 10.8 Å². The number of aromatic nitrogens is 3. The van der Waals surface area contributed by atoms with E-state index in [9.17, 15) is 18.0 Å². The summed E-state index contributed by atoms with van der Waals surface area (Å²) in [5.74, 6) is -0.00170. The van der Waals surface area contributed by atoms with Crippen LogP contribution in [0, 0.1) is 6.92 Å². The van der Waals surface area contributed by atoms with Gasteiger partial charge in [-0.3, -0.25) is 0 Å². The van der Waals surface area contributed by atoms with Crippen molar-refractivity contribution in [2.24, 2.45) is 0 Å². The lowest BCUT2D eigenvalue weighted by atomic mass is 10.1. The molecule has 1 aromatic carbocycles. The Balaban J connectivity index is 1.92. The van der Waals surface area contributed by atoms with E-state index in [1.165, 1.54) is 14.0 Å². The van der Waals surface area contributed by atoms with Crippen LogP contribution in [0.25, 0.3) is 11.4 Å². The van der Waals surface area contributed by atoms with Crippen molar-refractivity contribution in [3.05, 3.63) is 40.7 Å². The number of thiazole rings is 1. The third-order valence-corrected chi connectivity index (χ3v) is 4.72. The summed E-state index contributed by atoms with van der Waals surface area (Å²) in [5, 5.41) is 2.69. The number of imidazole rings is 1. The molecule has 7 nitrogen and oxygen atoms in total. The third kappa shape index (κ3) is 4.50. The highest BCUT2D eigenvalue weighted by Gasteiger charge is 2.40. The molecule has 154 valence electrons. The molecule has 0 fully saturated rings. The van der Waals surface area contributed by atoms with Gasteiger partial charge in [-0.2, -0.15) is 13.2 Å². The standard InChI is InChI=1S/C18H17F3N4O3S/c1-4-28-16(26)13-14(18(19,20)21)25-17(29-13)24-10-5-6-11(12(7-10)27-3)15-22-8-9(2)23-15/h5-8H,4H2,1-3H3,(H,22,23)(H,24,25). The summed E-state index contributed by atoms with van der Waals surface area (Å²) in [6.07, 6.45) is -3.11. The maximum absolute atomic E-state index is 13.2. The molecule has 0 bridgehead atoms. The Morgan fingerprint density at radius 1 is 1.34 bits per heavy atom. The first-order valence-corrected chi connectivity index (χ1v) is 9.26. The number of esters is 1. The van der Waals surface area contributed by atoms with Gasteiger partial charge in [-0.25, -0.2) is 14.8 Å². The predicted molar refractivity (Wildman–Crippen MR) is 102 cm³/mol. The van der Waals surface area contributed by atoms with E-state index in [4.69, 9.17) is 9.47 Å². The molecule has 2 heterocycles. The lowest BCUT2D eigenvalue weighted by molar-refractivity contribution is -0.141. The van der Waals surface area contributed by atoms with Crippen LogP contribution in [0.3, 0.4) is 0 Å². The fourth-order valence-electron chi connectivity index (χ4n) is 2.54. The molecule has 3 rings (SSSR count). The molecule has 29 heavy (non-hydrogen) atoms. The summed E-state index contributed by atoms with van der Waals surface area (Å²) in [6.45, 7) is 3.34. The number of nitrogens with zero attached hydrogens (tertiary/aromatic N) is 2. The van der Waals surface area contributed by atoms with Crippen molar-refractivity contribution in [1.82, 2.24) is 15.0 Å². The Hall–Kier alpha value is -3.08. The predicted octanol–water partition coefficient (Wildman–Crippen LogP) is 4.79. The monoisotopic (exact) mass is 426 g/mol. The van der Waals surface area contributed by atoms with Crippen LogP contribution in [0.4, 0.5) is 24.0 Å². The second-order valence-corrected chi connectivity index (χ2v) is 6.87. The molecular weight excluding hydrogens is 409 g/mol. The fraction of sp³-hybridized carbons (Fsp3) is 0.278. The largest absolute Gasteiger partial charge is 0.496 e. The number of hydrogen-bond acceptors (Lipinski definition) is 7. The molecule has 2 aromatic heterocycles. The molecule has 0 aliphatic rings. The molecular formula is C18H17F3N4O3S. The fourth-order valence-corrected chi connectivity index (χ4v) is 3.44. The van der Waals surface area contributed by atoms with Gasteiger partial charge >= 0.3 is 12.1 Å². The van der Waals surface area contributed by atoms with Gasteiger partial charge in [0.05, 0.1) is 19.3 Å². The Kier molecular flexibility index (Phi) is 5.78. The molecule has 0 saturated heterocycles. The van der Waals surface area contributed by atoms with Crippen LogP contribution in [-0.4, -0.2) is 34.6 Å². The van der Waals surface area contributed by atoms with Crippen molar-refractivity contribution in [3.8, 4) is 17.1 Å². The van der Waals surface area contributed by atoms with Crippen LogP contribution in [0.15, 0.2) is 24.4 Å². The van der Waals surface area contributed by atoms with Crippen molar-refractivity contribution in [2.45, 2.75) is 20.0 Å². The minimum absolute atomic E-state index is 0.0400. The van der Waals surface area contributed by atoms with Crippen LogP contribution >= 0.6 is 11.3 Å².